The minimum absolute atomic E-state index is 0. The van der Waals surface area contributed by atoms with Gasteiger partial charge in [-0.1, -0.05) is 12.1 Å². The molecule has 1 aromatic carbocycles. The van der Waals surface area contributed by atoms with Crippen LogP contribution in [0, 0.1) is 12.8 Å². The van der Waals surface area contributed by atoms with E-state index in [9.17, 15) is 4.79 Å². The van der Waals surface area contributed by atoms with E-state index in [0.717, 1.165) is 56.4 Å². The van der Waals surface area contributed by atoms with Gasteiger partial charge in [0.2, 0.25) is 0 Å². The normalized spacial score (nSPS) is 19.6. The number of piperazine rings is 1. The molecule has 2 amide bonds. The summed E-state index contributed by atoms with van der Waals surface area (Å²) in [6.07, 6.45) is 2.57. The topological polar surface area (TPSA) is 47.6 Å². The van der Waals surface area contributed by atoms with Gasteiger partial charge in [0.25, 0.3) is 0 Å². The number of amides is 2. The molecule has 0 aromatic heterocycles. The molecule has 0 saturated carbocycles. The second kappa shape index (κ2) is 9.25. The average Bonchev–Trinajstić information content (AvgIpc) is 2.56. The van der Waals surface area contributed by atoms with Crippen molar-refractivity contribution in [3.8, 4) is 0 Å². The minimum Gasteiger partial charge on any atom is -0.322 e. The third-order valence-electron chi connectivity index (χ3n) is 4.90. The van der Waals surface area contributed by atoms with Gasteiger partial charge in [0.1, 0.15) is 0 Å². The van der Waals surface area contributed by atoms with E-state index in [4.69, 9.17) is 0 Å². The first-order valence-electron chi connectivity index (χ1n) is 8.76. The molecule has 2 saturated heterocycles. The van der Waals surface area contributed by atoms with E-state index in [1.54, 1.807) is 0 Å². The van der Waals surface area contributed by atoms with Crippen molar-refractivity contribution in [2.45, 2.75) is 19.8 Å². The van der Waals surface area contributed by atoms with Crippen LogP contribution in [0.4, 0.5) is 10.5 Å². The largest absolute Gasteiger partial charge is 0.322 e. The molecule has 24 heavy (non-hydrogen) atoms. The lowest BCUT2D eigenvalue weighted by Gasteiger charge is -2.37. The van der Waals surface area contributed by atoms with Gasteiger partial charge in [-0.05, 0) is 56.5 Å². The molecule has 1 aromatic rings. The summed E-state index contributed by atoms with van der Waals surface area (Å²) < 4.78 is 0. The summed E-state index contributed by atoms with van der Waals surface area (Å²) in [5, 5.41) is 6.43. The molecular weight excluding hydrogens is 324 g/mol. The van der Waals surface area contributed by atoms with Crippen LogP contribution in [-0.4, -0.2) is 61.6 Å². The predicted molar refractivity (Wildman–Crippen MR) is 101 cm³/mol. The molecular formula is C18H29ClN4O. The van der Waals surface area contributed by atoms with E-state index in [2.05, 4.69) is 15.5 Å². The Kier molecular flexibility index (Phi) is 7.34. The van der Waals surface area contributed by atoms with Crippen LogP contribution >= 0.6 is 12.4 Å². The highest BCUT2D eigenvalue weighted by Crippen LogP contribution is 2.16. The maximum absolute atomic E-state index is 12.4. The molecule has 0 radical (unpaired) electrons. The number of nitrogens with one attached hydrogen (secondary N) is 2. The molecule has 0 unspecified atom stereocenters. The molecule has 3 rings (SSSR count). The third-order valence-corrected chi connectivity index (χ3v) is 4.90. The van der Waals surface area contributed by atoms with Crippen molar-refractivity contribution >= 4 is 24.1 Å². The van der Waals surface area contributed by atoms with Gasteiger partial charge in [0.05, 0.1) is 0 Å². The first-order valence-corrected chi connectivity index (χ1v) is 8.76. The van der Waals surface area contributed by atoms with Crippen LogP contribution in [0.25, 0.3) is 0 Å². The summed E-state index contributed by atoms with van der Waals surface area (Å²) in [6, 6.07) is 7.98. The van der Waals surface area contributed by atoms with Gasteiger partial charge in [-0.15, -0.1) is 12.4 Å². The quantitative estimate of drug-likeness (QED) is 0.879. The second-order valence-corrected chi connectivity index (χ2v) is 6.78. The molecule has 0 bridgehead atoms. The molecule has 2 fully saturated rings. The number of halogens is 1. The zero-order valence-electron chi connectivity index (χ0n) is 14.5. The fraction of sp³-hybridized carbons (Fsp3) is 0.611. The van der Waals surface area contributed by atoms with Crippen molar-refractivity contribution in [2.24, 2.45) is 5.92 Å². The van der Waals surface area contributed by atoms with Gasteiger partial charge in [-0.3, -0.25) is 4.90 Å². The summed E-state index contributed by atoms with van der Waals surface area (Å²) in [6.45, 7) is 9.17. The number of hydrogen-bond acceptors (Lipinski definition) is 3. The Morgan fingerprint density at radius 1 is 1.21 bits per heavy atom. The Balaban J connectivity index is 0.00000208. The van der Waals surface area contributed by atoms with E-state index in [1.165, 1.54) is 19.4 Å². The van der Waals surface area contributed by atoms with Gasteiger partial charge in [0.15, 0.2) is 0 Å². The fourth-order valence-electron chi connectivity index (χ4n) is 3.49. The number of carbonyl (C=O) groups excluding carboxylic acids is 1. The molecule has 2 aliphatic heterocycles. The van der Waals surface area contributed by atoms with Crippen LogP contribution in [0.5, 0.6) is 0 Å². The fourth-order valence-corrected chi connectivity index (χ4v) is 3.49. The molecule has 5 nitrogen and oxygen atoms in total. The number of piperidine rings is 1. The van der Waals surface area contributed by atoms with E-state index >= 15 is 0 Å². The van der Waals surface area contributed by atoms with Crippen LogP contribution in [0.2, 0.25) is 0 Å². The monoisotopic (exact) mass is 352 g/mol. The van der Waals surface area contributed by atoms with Crippen LogP contribution in [0.15, 0.2) is 24.3 Å². The van der Waals surface area contributed by atoms with Crippen molar-refractivity contribution in [2.75, 3.05) is 51.1 Å². The molecule has 0 atom stereocenters. The molecule has 2 heterocycles. The number of aryl methyl sites for hydroxylation is 1. The highest BCUT2D eigenvalue weighted by Gasteiger charge is 2.23. The van der Waals surface area contributed by atoms with Crippen molar-refractivity contribution < 1.29 is 4.79 Å². The Bertz CT molecular complexity index is 526. The first-order chi connectivity index (χ1) is 11.2. The van der Waals surface area contributed by atoms with E-state index < -0.39 is 0 Å². The SMILES string of the molecule is Cc1cccc(NC(=O)N2CCN(CC3CCNCC3)CC2)c1.Cl. The third kappa shape index (κ3) is 5.36. The van der Waals surface area contributed by atoms with Gasteiger partial charge < -0.3 is 15.5 Å². The van der Waals surface area contributed by atoms with Crippen molar-refractivity contribution in [3.05, 3.63) is 29.8 Å². The summed E-state index contributed by atoms with van der Waals surface area (Å²) in [5.74, 6) is 0.823. The molecule has 6 heteroatoms. The summed E-state index contributed by atoms with van der Waals surface area (Å²) in [5.41, 5.74) is 2.04. The van der Waals surface area contributed by atoms with Crippen molar-refractivity contribution in [3.63, 3.8) is 0 Å². The number of nitrogens with zero attached hydrogens (tertiary/aromatic N) is 2. The molecule has 0 spiro atoms. The molecule has 134 valence electrons. The van der Waals surface area contributed by atoms with Crippen LogP contribution in [0.3, 0.4) is 0 Å². The van der Waals surface area contributed by atoms with Gasteiger partial charge in [-0.2, -0.15) is 0 Å². The number of urea groups is 1. The van der Waals surface area contributed by atoms with Gasteiger partial charge >= 0.3 is 6.03 Å². The maximum Gasteiger partial charge on any atom is 0.321 e. The Hall–Kier alpha value is -1.30. The lowest BCUT2D eigenvalue weighted by molar-refractivity contribution is 0.127. The Labute approximate surface area is 151 Å². The molecule has 2 aliphatic rings. The standard InChI is InChI=1S/C18H28N4O.ClH/c1-15-3-2-4-17(13-15)20-18(23)22-11-9-21(10-12-22)14-16-5-7-19-8-6-16;/h2-4,13,16,19H,5-12,14H2,1H3,(H,20,23);1H. The van der Waals surface area contributed by atoms with Crippen molar-refractivity contribution in [1.29, 1.82) is 0 Å². The van der Waals surface area contributed by atoms with Gasteiger partial charge in [0, 0.05) is 38.4 Å². The zero-order chi connectivity index (χ0) is 16.1. The van der Waals surface area contributed by atoms with E-state index in [0.29, 0.717) is 0 Å². The summed E-state index contributed by atoms with van der Waals surface area (Å²) in [4.78, 5) is 16.8. The number of anilines is 1. The minimum atomic E-state index is 0. The van der Waals surface area contributed by atoms with E-state index in [-0.39, 0.29) is 18.4 Å². The second-order valence-electron chi connectivity index (χ2n) is 6.78. The first kappa shape index (κ1) is 19.0. The Morgan fingerprint density at radius 2 is 1.92 bits per heavy atom. The van der Waals surface area contributed by atoms with Crippen LogP contribution in [-0.2, 0) is 0 Å². The number of carbonyl (C=O) groups is 1. The zero-order valence-corrected chi connectivity index (χ0v) is 15.3. The molecule has 2 N–H and O–H groups in total. The lowest BCUT2D eigenvalue weighted by atomic mass is 9.97. The predicted octanol–water partition coefficient (Wildman–Crippen LogP) is 2.57. The van der Waals surface area contributed by atoms with Crippen LogP contribution in [0.1, 0.15) is 18.4 Å². The summed E-state index contributed by atoms with van der Waals surface area (Å²) >= 11 is 0. The highest BCUT2D eigenvalue weighted by atomic mass is 35.5. The number of benzene rings is 1. The highest BCUT2D eigenvalue weighted by molar-refractivity contribution is 5.89. The summed E-state index contributed by atoms with van der Waals surface area (Å²) in [7, 11) is 0. The van der Waals surface area contributed by atoms with E-state index in [1.807, 2.05) is 36.1 Å². The maximum atomic E-state index is 12.4. The smallest absolute Gasteiger partial charge is 0.321 e. The van der Waals surface area contributed by atoms with Gasteiger partial charge in [-0.25, -0.2) is 4.79 Å². The Morgan fingerprint density at radius 3 is 2.58 bits per heavy atom. The van der Waals surface area contributed by atoms with Crippen LogP contribution < -0.4 is 10.6 Å². The van der Waals surface area contributed by atoms with Crippen molar-refractivity contribution in [1.82, 2.24) is 15.1 Å². The molecule has 0 aliphatic carbocycles. The average molecular weight is 353 g/mol. The number of hydrogen-bond donors (Lipinski definition) is 2. The number of rotatable bonds is 3. The lowest BCUT2D eigenvalue weighted by Crippen LogP contribution is -2.51.